The first kappa shape index (κ1) is 19.4. The minimum Gasteiger partial charge on any atom is -0.496 e. The van der Waals surface area contributed by atoms with E-state index in [0.29, 0.717) is 0 Å². The number of thioether (sulfide) groups is 1. The van der Waals surface area contributed by atoms with Crippen LogP contribution in [-0.4, -0.2) is 18.3 Å². The molecular weight excluding hydrogens is 330 g/mol. The molecule has 2 aromatic carbocycles. The molecule has 0 aliphatic carbocycles. The molecule has 0 aliphatic rings. The molecule has 25 heavy (non-hydrogen) atoms. The van der Waals surface area contributed by atoms with Gasteiger partial charge in [-0.3, -0.25) is 4.79 Å². The highest BCUT2D eigenvalue weighted by Crippen LogP contribution is 2.27. The van der Waals surface area contributed by atoms with E-state index in [4.69, 9.17) is 4.74 Å². The maximum absolute atomic E-state index is 12.6. The van der Waals surface area contributed by atoms with Gasteiger partial charge in [-0.25, -0.2) is 0 Å². The van der Waals surface area contributed by atoms with Crippen LogP contribution < -0.4 is 10.1 Å². The molecule has 0 aromatic heterocycles. The van der Waals surface area contributed by atoms with Crippen LogP contribution in [0.2, 0.25) is 0 Å². The summed E-state index contributed by atoms with van der Waals surface area (Å²) in [7, 11) is 1.67. The normalized spacial score (nSPS) is 13.2. The van der Waals surface area contributed by atoms with Crippen molar-refractivity contribution in [1.82, 2.24) is 5.32 Å². The van der Waals surface area contributed by atoms with Crippen LogP contribution >= 0.6 is 11.8 Å². The standard InChI is InChI=1S/C21H27NO2S/c1-6-19(17-9-12-20(24-5)15(3)13-17)22-21(23)16(4)25-18-10-7-14(2)8-11-18/h7-13,16,19H,6H2,1-5H3,(H,22,23)/t16-,19-/m0/s1. The van der Waals surface area contributed by atoms with Crippen molar-refractivity contribution in [2.75, 3.05) is 7.11 Å². The Bertz CT molecular complexity index is 712. The van der Waals surface area contributed by atoms with Crippen LogP contribution in [0.25, 0.3) is 0 Å². The molecule has 2 rings (SSSR count). The van der Waals surface area contributed by atoms with E-state index < -0.39 is 0 Å². The smallest absolute Gasteiger partial charge is 0.233 e. The summed E-state index contributed by atoms with van der Waals surface area (Å²) in [6.07, 6.45) is 0.847. The Morgan fingerprint density at radius 3 is 2.40 bits per heavy atom. The molecule has 0 heterocycles. The van der Waals surface area contributed by atoms with Crippen LogP contribution in [-0.2, 0) is 4.79 Å². The Kier molecular flexibility index (Phi) is 6.94. The molecule has 1 amide bonds. The Morgan fingerprint density at radius 1 is 1.16 bits per heavy atom. The Labute approximate surface area is 155 Å². The SMILES string of the molecule is CC[C@H](NC(=O)[C@H](C)Sc1ccc(C)cc1)c1ccc(OC)c(C)c1. The first-order chi connectivity index (χ1) is 11.9. The van der Waals surface area contributed by atoms with Gasteiger partial charge in [-0.05, 0) is 56.5 Å². The lowest BCUT2D eigenvalue weighted by Crippen LogP contribution is -2.34. The second kappa shape index (κ2) is 8.95. The van der Waals surface area contributed by atoms with Crippen LogP contribution in [0.5, 0.6) is 5.75 Å². The molecule has 0 saturated carbocycles. The zero-order valence-corrected chi connectivity index (χ0v) is 16.4. The molecule has 0 aliphatic heterocycles. The average Bonchev–Trinajstić information content (AvgIpc) is 2.61. The molecule has 2 aromatic rings. The number of hydrogen-bond acceptors (Lipinski definition) is 3. The number of benzene rings is 2. The van der Waals surface area contributed by atoms with Crippen molar-refractivity contribution in [2.24, 2.45) is 0 Å². The number of rotatable bonds is 7. The van der Waals surface area contributed by atoms with Crippen molar-refractivity contribution in [3.63, 3.8) is 0 Å². The molecule has 3 nitrogen and oxygen atoms in total. The molecule has 0 radical (unpaired) electrons. The van der Waals surface area contributed by atoms with Gasteiger partial charge in [0.15, 0.2) is 0 Å². The van der Waals surface area contributed by atoms with Gasteiger partial charge in [0, 0.05) is 4.90 Å². The van der Waals surface area contributed by atoms with Gasteiger partial charge in [-0.2, -0.15) is 0 Å². The number of hydrogen-bond donors (Lipinski definition) is 1. The van der Waals surface area contributed by atoms with Gasteiger partial charge in [0.2, 0.25) is 5.91 Å². The molecule has 0 bridgehead atoms. The third-order valence-electron chi connectivity index (χ3n) is 4.25. The second-order valence-electron chi connectivity index (χ2n) is 6.27. The molecular formula is C21H27NO2S. The number of carbonyl (C=O) groups excluding carboxylic acids is 1. The summed E-state index contributed by atoms with van der Waals surface area (Å²) in [5.41, 5.74) is 3.42. The number of ether oxygens (including phenoxy) is 1. The predicted molar refractivity (Wildman–Crippen MR) is 105 cm³/mol. The van der Waals surface area contributed by atoms with Gasteiger partial charge in [-0.1, -0.05) is 36.8 Å². The van der Waals surface area contributed by atoms with Gasteiger partial charge in [-0.15, -0.1) is 11.8 Å². The highest BCUT2D eigenvalue weighted by atomic mass is 32.2. The van der Waals surface area contributed by atoms with Crippen LogP contribution in [0.3, 0.4) is 0 Å². The molecule has 134 valence electrons. The number of carbonyl (C=O) groups is 1. The van der Waals surface area contributed by atoms with E-state index in [0.717, 1.165) is 28.2 Å². The molecule has 4 heteroatoms. The molecule has 0 unspecified atom stereocenters. The summed E-state index contributed by atoms with van der Waals surface area (Å²) in [5, 5.41) is 3.04. The molecule has 0 spiro atoms. The molecule has 0 fully saturated rings. The third-order valence-corrected chi connectivity index (χ3v) is 5.36. The van der Waals surface area contributed by atoms with E-state index in [-0.39, 0.29) is 17.2 Å². The largest absolute Gasteiger partial charge is 0.496 e. The first-order valence-corrected chi connectivity index (χ1v) is 9.50. The number of aryl methyl sites for hydroxylation is 2. The summed E-state index contributed by atoms with van der Waals surface area (Å²) in [6.45, 7) is 8.12. The van der Waals surface area contributed by atoms with Gasteiger partial charge in [0.05, 0.1) is 18.4 Å². The fourth-order valence-electron chi connectivity index (χ4n) is 2.70. The second-order valence-corrected chi connectivity index (χ2v) is 7.69. The Balaban J connectivity index is 2.03. The number of nitrogens with one attached hydrogen (secondary N) is 1. The van der Waals surface area contributed by atoms with Crippen molar-refractivity contribution < 1.29 is 9.53 Å². The number of methoxy groups -OCH3 is 1. The van der Waals surface area contributed by atoms with Crippen molar-refractivity contribution in [2.45, 2.75) is 50.3 Å². The topological polar surface area (TPSA) is 38.3 Å². The summed E-state index contributed by atoms with van der Waals surface area (Å²) in [5.74, 6) is 0.930. The highest BCUT2D eigenvalue weighted by Gasteiger charge is 2.19. The van der Waals surface area contributed by atoms with Gasteiger partial charge in [0.1, 0.15) is 5.75 Å². The zero-order chi connectivity index (χ0) is 18.4. The Morgan fingerprint density at radius 2 is 1.84 bits per heavy atom. The maximum atomic E-state index is 12.6. The summed E-state index contributed by atoms with van der Waals surface area (Å²) < 4.78 is 5.32. The lowest BCUT2D eigenvalue weighted by Gasteiger charge is -2.21. The minimum absolute atomic E-state index is 0.0122. The summed E-state index contributed by atoms with van der Waals surface area (Å²) in [6, 6.07) is 14.4. The van der Waals surface area contributed by atoms with Crippen LogP contribution in [0.1, 0.15) is 43.0 Å². The summed E-state index contributed by atoms with van der Waals surface area (Å²) >= 11 is 1.59. The number of amides is 1. The predicted octanol–water partition coefficient (Wildman–Crippen LogP) is 5.06. The highest BCUT2D eigenvalue weighted by molar-refractivity contribution is 8.00. The fraction of sp³-hybridized carbons (Fsp3) is 0.381. The van der Waals surface area contributed by atoms with Gasteiger partial charge < -0.3 is 10.1 Å². The van der Waals surface area contributed by atoms with E-state index in [1.165, 1.54) is 5.56 Å². The lowest BCUT2D eigenvalue weighted by atomic mass is 10.0. The van der Waals surface area contributed by atoms with Crippen LogP contribution in [0.15, 0.2) is 47.4 Å². The lowest BCUT2D eigenvalue weighted by molar-refractivity contribution is -0.121. The van der Waals surface area contributed by atoms with Crippen molar-refractivity contribution in [3.8, 4) is 5.75 Å². The third kappa shape index (κ3) is 5.27. The van der Waals surface area contributed by atoms with Crippen molar-refractivity contribution in [3.05, 3.63) is 59.2 Å². The zero-order valence-electron chi connectivity index (χ0n) is 15.6. The molecule has 0 saturated heterocycles. The van der Waals surface area contributed by atoms with Crippen molar-refractivity contribution >= 4 is 17.7 Å². The van der Waals surface area contributed by atoms with Crippen LogP contribution in [0.4, 0.5) is 0 Å². The molecule has 1 N–H and O–H groups in total. The average molecular weight is 358 g/mol. The fourth-order valence-corrected chi connectivity index (χ4v) is 3.58. The van der Waals surface area contributed by atoms with E-state index >= 15 is 0 Å². The van der Waals surface area contributed by atoms with E-state index in [9.17, 15) is 4.79 Å². The van der Waals surface area contributed by atoms with Crippen molar-refractivity contribution in [1.29, 1.82) is 0 Å². The maximum Gasteiger partial charge on any atom is 0.233 e. The van der Waals surface area contributed by atoms with E-state index in [2.05, 4.69) is 49.5 Å². The summed E-state index contributed by atoms with van der Waals surface area (Å²) in [4.78, 5) is 13.7. The quantitative estimate of drug-likeness (QED) is 0.704. The minimum atomic E-state index is -0.142. The van der Waals surface area contributed by atoms with E-state index in [1.54, 1.807) is 18.9 Å². The first-order valence-electron chi connectivity index (χ1n) is 8.62. The molecule has 2 atom stereocenters. The Hall–Kier alpha value is -1.94. The van der Waals surface area contributed by atoms with E-state index in [1.807, 2.05) is 26.0 Å². The van der Waals surface area contributed by atoms with Gasteiger partial charge in [0.25, 0.3) is 0 Å². The van der Waals surface area contributed by atoms with Crippen LogP contribution in [0, 0.1) is 13.8 Å². The monoisotopic (exact) mass is 357 g/mol. The van der Waals surface area contributed by atoms with Gasteiger partial charge >= 0.3 is 0 Å².